The van der Waals surface area contributed by atoms with Crippen LogP contribution in [0.3, 0.4) is 0 Å². The molecule has 0 amide bonds. The van der Waals surface area contributed by atoms with E-state index in [9.17, 15) is 8.42 Å². The van der Waals surface area contributed by atoms with Crippen molar-refractivity contribution in [1.29, 1.82) is 0 Å². The highest BCUT2D eigenvalue weighted by Gasteiger charge is 2.17. The topological polar surface area (TPSA) is 90.0 Å². The van der Waals surface area contributed by atoms with E-state index in [0.29, 0.717) is 16.7 Å². The minimum atomic E-state index is -3.59. The maximum atomic E-state index is 12.2. The third kappa shape index (κ3) is 3.59. The van der Waals surface area contributed by atoms with Crippen LogP contribution < -0.4 is 10.5 Å². The van der Waals surface area contributed by atoms with Gasteiger partial charge in [-0.05, 0) is 46.6 Å². The van der Waals surface area contributed by atoms with Gasteiger partial charge < -0.3 is 5.73 Å². The van der Waals surface area contributed by atoms with E-state index in [1.807, 2.05) is 13.1 Å². The van der Waals surface area contributed by atoms with E-state index in [4.69, 9.17) is 5.73 Å². The highest BCUT2D eigenvalue weighted by Crippen LogP contribution is 2.23. The molecule has 0 atom stereocenters. The number of benzene rings is 1. The molecule has 1 aromatic heterocycles. The van der Waals surface area contributed by atoms with E-state index in [1.165, 1.54) is 6.07 Å². The van der Waals surface area contributed by atoms with E-state index in [1.54, 1.807) is 23.0 Å². The molecular formula is C12H15BrN4O2S. The van der Waals surface area contributed by atoms with Gasteiger partial charge in [-0.25, -0.2) is 13.1 Å². The second-order valence-electron chi connectivity index (χ2n) is 4.37. The lowest BCUT2D eigenvalue weighted by Gasteiger charge is -2.09. The van der Waals surface area contributed by atoms with Gasteiger partial charge in [-0.3, -0.25) is 4.68 Å². The summed E-state index contributed by atoms with van der Waals surface area (Å²) in [6.07, 6.45) is 3.58. The Bertz CT molecular complexity index is 712. The van der Waals surface area contributed by atoms with Crippen molar-refractivity contribution in [2.45, 2.75) is 18.4 Å². The van der Waals surface area contributed by atoms with Crippen LogP contribution in [0.15, 0.2) is 40.0 Å². The van der Waals surface area contributed by atoms with Gasteiger partial charge in [0.15, 0.2) is 0 Å². The summed E-state index contributed by atoms with van der Waals surface area (Å²) in [4.78, 5) is 0.133. The van der Waals surface area contributed by atoms with Gasteiger partial charge in [-0.1, -0.05) is 0 Å². The second-order valence-corrected chi connectivity index (χ2v) is 6.96. The van der Waals surface area contributed by atoms with Crippen LogP contribution >= 0.6 is 15.9 Å². The maximum Gasteiger partial charge on any atom is 0.241 e. The number of sulfonamides is 1. The number of anilines is 1. The van der Waals surface area contributed by atoms with Gasteiger partial charge in [0.2, 0.25) is 10.0 Å². The van der Waals surface area contributed by atoms with Crippen LogP contribution in [0.1, 0.15) is 5.56 Å². The molecule has 0 spiro atoms. The first-order valence-corrected chi connectivity index (χ1v) is 8.20. The van der Waals surface area contributed by atoms with Crippen molar-refractivity contribution >= 4 is 31.6 Å². The summed E-state index contributed by atoms with van der Waals surface area (Å²) in [6.45, 7) is 2.65. The zero-order valence-electron chi connectivity index (χ0n) is 10.9. The predicted molar refractivity (Wildman–Crippen MR) is 80.7 cm³/mol. The van der Waals surface area contributed by atoms with Crippen LogP contribution in [0.2, 0.25) is 0 Å². The second kappa shape index (κ2) is 5.94. The molecule has 8 heteroatoms. The zero-order valence-corrected chi connectivity index (χ0v) is 13.3. The first-order valence-electron chi connectivity index (χ1n) is 5.92. The van der Waals surface area contributed by atoms with Crippen LogP contribution in [-0.4, -0.2) is 24.7 Å². The van der Waals surface area contributed by atoms with Gasteiger partial charge in [0.25, 0.3) is 0 Å². The van der Waals surface area contributed by atoms with Crippen LogP contribution in [0.25, 0.3) is 0 Å². The third-order valence-electron chi connectivity index (χ3n) is 2.64. The largest absolute Gasteiger partial charge is 0.399 e. The molecule has 0 saturated heterocycles. The summed E-state index contributed by atoms with van der Waals surface area (Å²) in [5.41, 5.74) is 7.05. The number of rotatable bonds is 5. The van der Waals surface area contributed by atoms with E-state index in [2.05, 4.69) is 25.8 Å². The van der Waals surface area contributed by atoms with Crippen molar-refractivity contribution in [3.8, 4) is 0 Å². The molecule has 6 nitrogen and oxygen atoms in total. The normalized spacial score (nSPS) is 11.7. The van der Waals surface area contributed by atoms with E-state index in [0.717, 1.165) is 5.56 Å². The Kier molecular flexibility index (Phi) is 4.46. The third-order valence-corrected chi connectivity index (χ3v) is 5.10. The van der Waals surface area contributed by atoms with Crippen LogP contribution in [-0.2, 0) is 16.6 Å². The molecule has 2 aromatic rings. The SMILES string of the molecule is Cc1cnn(CCNS(=O)(=O)c2cc(N)ccc2Br)c1. The van der Waals surface area contributed by atoms with Gasteiger partial charge in [-0.2, -0.15) is 5.10 Å². The number of hydrogen-bond donors (Lipinski definition) is 2. The van der Waals surface area contributed by atoms with Gasteiger partial charge in [0.05, 0.1) is 17.6 Å². The lowest BCUT2D eigenvalue weighted by atomic mass is 10.3. The molecule has 1 heterocycles. The standard InChI is InChI=1S/C12H15BrN4O2S/c1-9-7-15-17(8-9)5-4-16-20(18,19)12-6-10(14)2-3-11(12)13/h2-3,6-8,16H,4-5,14H2,1H3. The number of nitrogens with zero attached hydrogens (tertiary/aromatic N) is 2. The average Bonchev–Trinajstić information content (AvgIpc) is 2.78. The first kappa shape index (κ1) is 15.0. The molecule has 0 saturated carbocycles. The highest BCUT2D eigenvalue weighted by atomic mass is 79.9. The fourth-order valence-corrected chi connectivity index (χ4v) is 3.70. The Hall–Kier alpha value is -1.38. The van der Waals surface area contributed by atoms with Crippen molar-refractivity contribution in [1.82, 2.24) is 14.5 Å². The van der Waals surface area contributed by atoms with Gasteiger partial charge in [0.1, 0.15) is 0 Å². The molecule has 1 aromatic carbocycles. The molecule has 0 radical (unpaired) electrons. The number of halogens is 1. The predicted octanol–water partition coefficient (Wildman–Crippen LogP) is 1.51. The van der Waals surface area contributed by atoms with Gasteiger partial charge in [0, 0.05) is 22.9 Å². The smallest absolute Gasteiger partial charge is 0.241 e. The summed E-state index contributed by atoms with van der Waals surface area (Å²) in [5, 5.41) is 4.09. The van der Waals surface area contributed by atoms with E-state index < -0.39 is 10.0 Å². The Morgan fingerprint density at radius 2 is 2.20 bits per heavy atom. The van der Waals surface area contributed by atoms with Gasteiger partial charge in [-0.15, -0.1) is 0 Å². The average molecular weight is 359 g/mol. The first-order chi connectivity index (χ1) is 9.38. The number of hydrogen-bond acceptors (Lipinski definition) is 4. The zero-order chi connectivity index (χ0) is 14.8. The minimum absolute atomic E-state index is 0.133. The molecule has 20 heavy (non-hydrogen) atoms. The Morgan fingerprint density at radius 3 is 2.85 bits per heavy atom. The molecule has 0 fully saturated rings. The highest BCUT2D eigenvalue weighted by molar-refractivity contribution is 9.10. The lowest BCUT2D eigenvalue weighted by molar-refractivity contribution is 0.560. The molecule has 2 rings (SSSR count). The molecule has 0 aliphatic heterocycles. The van der Waals surface area contributed by atoms with Crippen molar-refractivity contribution in [3.63, 3.8) is 0 Å². The summed E-state index contributed by atoms with van der Waals surface area (Å²) in [6, 6.07) is 4.67. The van der Waals surface area contributed by atoms with Gasteiger partial charge >= 0.3 is 0 Å². The molecular weight excluding hydrogens is 344 g/mol. The summed E-state index contributed by atoms with van der Waals surface area (Å²) in [7, 11) is -3.59. The molecule has 3 N–H and O–H groups in total. The minimum Gasteiger partial charge on any atom is -0.399 e. The van der Waals surface area contributed by atoms with Crippen molar-refractivity contribution < 1.29 is 8.42 Å². The monoisotopic (exact) mass is 358 g/mol. The fourth-order valence-electron chi connectivity index (χ4n) is 1.69. The Morgan fingerprint density at radius 1 is 1.45 bits per heavy atom. The number of nitrogens with two attached hydrogens (primary N) is 1. The van der Waals surface area contributed by atoms with Crippen molar-refractivity contribution in [2.75, 3.05) is 12.3 Å². The summed E-state index contributed by atoms with van der Waals surface area (Å²) >= 11 is 3.21. The van der Waals surface area contributed by atoms with Crippen molar-refractivity contribution in [3.05, 3.63) is 40.6 Å². The van der Waals surface area contributed by atoms with Crippen LogP contribution in [0.4, 0.5) is 5.69 Å². The number of nitrogens with one attached hydrogen (secondary N) is 1. The molecule has 0 aliphatic carbocycles. The van der Waals surface area contributed by atoms with E-state index >= 15 is 0 Å². The van der Waals surface area contributed by atoms with Crippen molar-refractivity contribution in [2.24, 2.45) is 0 Å². The van der Waals surface area contributed by atoms with E-state index in [-0.39, 0.29) is 11.4 Å². The maximum absolute atomic E-state index is 12.2. The lowest BCUT2D eigenvalue weighted by Crippen LogP contribution is -2.28. The Balaban J connectivity index is 2.06. The quantitative estimate of drug-likeness (QED) is 0.792. The molecule has 0 bridgehead atoms. The molecule has 108 valence electrons. The van der Waals surface area contributed by atoms with Crippen LogP contribution in [0, 0.1) is 6.92 Å². The number of aryl methyl sites for hydroxylation is 1. The number of aromatic nitrogens is 2. The Labute approximate surface area is 126 Å². The molecule has 0 aliphatic rings. The summed E-state index contributed by atoms with van der Waals surface area (Å²) in [5.74, 6) is 0. The summed E-state index contributed by atoms with van der Waals surface area (Å²) < 4.78 is 29.0. The number of nitrogen functional groups attached to an aromatic ring is 1. The molecule has 0 unspecified atom stereocenters. The van der Waals surface area contributed by atoms with Crippen LogP contribution in [0.5, 0.6) is 0 Å². The fraction of sp³-hybridized carbons (Fsp3) is 0.250.